The fourth-order valence-electron chi connectivity index (χ4n) is 2.64. The number of carbonyl (C=O) groups excluding carboxylic acids is 1. The number of benzene rings is 2. The second-order valence-electron chi connectivity index (χ2n) is 5.59. The van der Waals surface area contributed by atoms with E-state index in [4.69, 9.17) is 9.47 Å². The fraction of sp³-hybridized carbons (Fsp3) is 0.278. The number of ether oxygens (including phenoxy) is 2. The predicted octanol–water partition coefficient (Wildman–Crippen LogP) is 3.51. The van der Waals surface area contributed by atoms with E-state index in [1.54, 1.807) is 32.4 Å². The number of urea groups is 1. The molecule has 2 N–H and O–H groups in total. The third-order valence-corrected chi connectivity index (χ3v) is 4.09. The van der Waals surface area contributed by atoms with Gasteiger partial charge < -0.3 is 20.1 Å². The van der Waals surface area contributed by atoms with Crippen LogP contribution in [-0.2, 0) is 5.54 Å². The first-order chi connectivity index (χ1) is 11.2. The van der Waals surface area contributed by atoms with Crippen LogP contribution in [-0.4, -0.2) is 20.3 Å². The summed E-state index contributed by atoms with van der Waals surface area (Å²) in [6, 6.07) is 15.1. The lowest BCUT2D eigenvalue weighted by molar-refractivity contribution is 0.247. The summed E-state index contributed by atoms with van der Waals surface area (Å²) < 4.78 is 10.5. The topological polar surface area (TPSA) is 59.6 Å². The Morgan fingerprint density at radius 2 is 1.78 bits per heavy atom. The summed E-state index contributed by atoms with van der Waals surface area (Å²) in [5.41, 5.74) is 1.50. The molecular formula is C18H20N2O3. The number of nitrogens with one attached hydrogen (secondary N) is 2. The first-order valence-electron chi connectivity index (χ1n) is 7.53. The van der Waals surface area contributed by atoms with E-state index in [1.807, 2.05) is 30.3 Å². The van der Waals surface area contributed by atoms with Crippen molar-refractivity contribution >= 4 is 11.7 Å². The first-order valence-corrected chi connectivity index (χ1v) is 7.53. The van der Waals surface area contributed by atoms with Crippen LogP contribution in [0.1, 0.15) is 18.4 Å². The molecule has 0 unspecified atom stereocenters. The lowest BCUT2D eigenvalue weighted by Gasteiger charge is -2.19. The molecule has 2 aromatic carbocycles. The Hall–Kier alpha value is -2.69. The third-order valence-electron chi connectivity index (χ3n) is 4.09. The number of methoxy groups -OCH3 is 2. The van der Waals surface area contributed by atoms with Crippen molar-refractivity contribution in [3.8, 4) is 11.5 Å². The minimum Gasteiger partial charge on any atom is -0.497 e. The Morgan fingerprint density at radius 3 is 2.39 bits per heavy atom. The highest BCUT2D eigenvalue weighted by Gasteiger charge is 2.45. The Labute approximate surface area is 135 Å². The maximum Gasteiger partial charge on any atom is 0.320 e. The number of rotatable bonds is 5. The molecule has 0 radical (unpaired) electrons. The molecule has 2 amide bonds. The summed E-state index contributed by atoms with van der Waals surface area (Å²) in [5.74, 6) is 1.24. The molecule has 1 aliphatic rings. The van der Waals surface area contributed by atoms with Gasteiger partial charge in [0, 0.05) is 6.07 Å². The van der Waals surface area contributed by atoms with Crippen molar-refractivity contribution in [2.24, 2.45) is 0 Å². The van der Waals surface area contributed by atoms with E-state index < -0.39 is 0 Å². The van der Waals surface area contributed by atoms with E-state index in [0.29, 0.717) is 17.2 Å². The van der Waals surface area contributed by atoms with Crippen LogP contribution in [0.2, 0.25) is 0 Å². The molecule has 23 heavy (non-hydrogen) atoms. The summed E-state index contributed by atoms with van der Waals surface area (Å²) in [6.45, 7) is 0. The van der Waals surface area contributed by atoms with Gasteiger partial charge in [-0.1, -0.05) is 30.3 Å². The maximum atomic E-state index is 12.4. The predicted molar refractivity (Wildman–Crippen MR) is 89.1 cm³/mol. The molecule has 0 atom stereocenters. The van der Waals surface area contributed by atoms with E-state index >= 15 is 0 Å². The van der Waals surface area contributed by atoms with Gasteiger partial charge >= 0.3 is 6.03 Å². The summed E-state index contributed by atoms with van der Waals surface area (Å²) >= 11 is 0. The van der Waals surface area contributed by atoms with Crippen LogP contribution in [0.5, 0.6) is 11.5 Å². The monoisotopic (exact) mass is 312 g/mol. The molecule has 1 aliphatic carbocycles. The van der Waals surface area contributed by atoms with E-state index in [2.05, 4.69) is 10.6 Å². The minimum absolute atomic E-state index is 0.241. The SMILES string of the molecule is COc1ccc(NC(=O)NC2(c3ccccc3)CC2)c(OC)c1. The van der Waals surface area contributed by atoms with E-state index in [-0.39, 0.29) is 11.6 Å². The molecule has 1 saturated carbocycles. The largest absolute Gasteiger partial charge is 0.497 e. The normalized spacial score (nSPS) is 14.7. The molecule has 0 aromatic heterocycles. The van der Waals surface area contributed by atoms with Gasteiger partial charge in [-0.2, -0.15) is 0 Å². The van der Waals surface area contributed by atoms with Gasteiger partial charge in [0.1, 0.15) is 11.5 Å². The molecule has 0 bridgehead atoms. The number of anilines is 1. The van der Waals surface area contributed by atoms with Gasteiger partial charge in [-0.3, -0.25) is 0 Å². The highest BCUT2D eigenvalue weighted by atomic mass is 16.5. The molecule has 5 heteroatoms. The number of amides is 2. The van der Waals surface area contributed by atoms with E-state index in [1.165, 1.54) is 0 Å². The van der Waals surface area contributed by atoms with Crippen molar-refractivity contribution in [1.29, 1.82) is 0 Å². The third kappa shape index (κ3) is 3.23. The van der Waals surface area contributed by atoms with Crippen molar-refractivity contribution in [2.75, 3.05) is 19.5 Å². The van der Waals surface area contributed by atoms with Crippen molar-refractivity contribution in [2.45, 2.75) is 18.4 Å². The second-order valence-corrected chi connectivity index (χ2v) is 5.59. The van der Waals surface area contributed by atoms with Crippen LogP contribution >= 0.6 is 0 Å². The van der Waals surface area contributed by atoms with Crippen LogP contribution in [0.4, 0.5) is 10.5 Å². The van der Waals surface area contributed by atoms with Crippen molar-refractivity contribution < 1.29 is 14.3 Å². The van der Waals surface area contributed by atoms with Crippen LogP contribution in [0.3, 0.4) is 0 Å². The summed E-state index contributed by atoms with van der Waals surface area (Å²) in [6.07, 6.45) is 1.90. The highest BCUT2D eigenvalue weighted by Crippen LogP contribution is 2.45. The molecule has 1 fully saturated rings. The van der Waals surface area contributed by atoms with Crippen molar-refractivity contribution in [3.05, 3.63) is 54.1 Å². The van der Waals surface area contributed by atoms with Crippen LogP contribution < -0.4 is 20.1 Å². The smallest absolute Gasteiger partial charge is 0.320 e. The maximum absolute atomic E-state index is 12.4. The standard InChI is InChI=1S/C18H20N2O3/c1-22-14-8-9-15(16(12-14)23-2)19-17(21)20-18(10-11-18)13-6-4-3-5-7-13/h3-9,12H,10-11H2,1-2H3,(H2,19,20,21). The van der Waals surface area contributed by atoms with Crippen molar-refractivity contribution in [3.63, 3.8) is 0 Å². The Bertz CT molecular complexity index is 697. The average molecular weight is 312 g/mol. The quantitative estimate of drug-likeness (QED) is 0.888. The molecule has 0 spiro atoms. The molecule has 3 rings (SSSR count). The van der Waals surface area contributed by atoms with Gasteiger partial charge in [-0.05, 0) is 30.5 Å². The molecule has 0 saturated heterocycles. The van der Waals surface area contributed by atoms with Gasteiger partial charge in [0.25, 0.3) is 0 Å². The van der Waals surface area contributed by atoms with Gasteiger partial charge in [0.2, 0.25) is 0 Å². The number of hydrogen-bond acceptors (Lipinski definition) is 3. The highest BCUT2D eigenvalue weighted by molar-refractivity contribution is 5.92. The Kier molecular flexibility index (Phi) is 4.10. The second kappa shape index (κ2) is 6.20. The number of hydrogen-bond donors (Lipinski definition) is 2. The molecule has 0 aliphatic heterocycles. The lowest BCUT2D eigenvalue weighted by atomic mass is 10.1. The summed E-state index contributed by atoms with van der Waals surface area (Å²) in [7, 11) is 3.15. The van der Waals surface area contributed by atoms with Crippen molar-refractivity contribution in [1.82, 2.24) is 5.32 Å². The zero-order valence-electron chi connectivity index (χ0n) is 13.3. The van der Waals surface area contributed by atoms with Gasteiger partial charge in [0.05, 0.1) is 25.4 Å². The Morgan fingerprint density at radius 1 is 1.04 bits per heavy atom. The average Bonchev–Trinajstić information content (AvgIpc) is 3.36. The van der Waals surface area contributed by atoms with Crippen LogP contribution in [0, 0.1) is 0 Å². The molecule has 120 valence electrons. The van der Waals surface area contributed by atoms with Crippen LogP contribution in [0.15, 0.2) is 48.5 Å². The summed E-state index contributed by atoms with van der Waals surface area (Å²) in [4.78, 5) is 12.4. The minimum atomic E-state index is -0.245. The first kappa shape index (κ1) is 15.2. The molecule has 5 nitrogen and oxygen atoms in total. The van der Waals surface area contributed by atoms with E-state index in [0.717, 1.165) is 18.4 Å². The number of carbonyl (C=O) groups is 1. The van der Waals surface area contributed by atoms with Crippen LogP contribution in [0.25, 0.3) is 0 Å². The van der Waals surface area contributed by atoms with E-state index in [9.17, 15) is 4.79 Å². The zero-order chi connectivity index (χ0) is 16.3. The lowest BCUT2D eigenvalue weighted by Crippen LogP contribution is -2.38. The molecular weight excluding hydrogens is 292 g/mol. The van der Waals surface area contributed by atoms with Gasteiger partial charge in [0.15, 0.2) is 0 Å². The Balaban J connectivity index is 1.71. The summed E-state index contributed by atoms with van der Waals surface area (Å²) in [5, 5.41) is 5.92. The van der Waals surface area contributed by atoms with Gasteiger partial charge in [-0.15, -0.1) is 0 Å². The molecule has 0 heterocycles. The zero-order valence-corrected chi connectivity index (χ0v) is 13.3. The molecule has 2 aromatic rings. The van der Waals surface area contributed by atoms with Gasteiger partial charge in [-0.25, -0.2) is 4.79 Å². The fourth-order valence-corrected chi connectivity index (χ4v) is 2.64.